The summed E-state index contributed by atoms with van der Waals surface area (Å²) in [4.78, 5) is 27.1. The molecule has 0 aliphatic rings. The monoisotopic (exact) mass is 281 g/mol. The Balaban J connectivity index is 3.01. The molecular weight excluding hydrogens is 270 g/mol. The number of ketones is 1. The largest absolute Gasteiger partial charge is 0.349 e. The van der Waals surface area contributed by atoms with E-state index in [0.717, 1.165) is 11.1 Å². The fourth-order valence-electron chi connectivity index (χ4n) is 1.97. The van der Waals surface area contributed by atoms with Crippen molar-refractivity contribution in [3.8, 4) is 0 Å². The van der Waals surface area contributed by atoms with Gasteiger partial charge in [-0.05, 0) is 37.8 Å². The molecule has 0 aliphatic heterocycles. The summed E-state index contributed by atoms with van der Waals surface area (Å²) in [5.41, 5.74) is 1.57. The Bertz CT molecular complexity index is 706. The minimum absolute atomic E-state index is 0.205. The van der Waals surface area contributed by atoms with Crippen LogP contribution in [-0.4, -0.2) is 17.0 Å². The molecule has 0 atom stereocenters. The lowest BCUT2D eigenvalue weighted by Gasteiger charge is -2.09. The van der Waals surface area contributed by atoms with Gasteiger partial charge < -0.3 is 4.98 Å². The van der Waals surface area contributed by atoms with Gasteiger partial charge in [-0.25, -0.2) is 0 Å². The van der Waals surface area contributed by atoms with Crippen LogP contribution in [0.25, 0.3) is 10.9 Å². The van der Waals surface area contributed by atoms with Crippen molar-refractivity contribution in [1.82, 2.24) is 4.98 Å². The zero-order valence-corrected chi connectivity index (χ0v) is 11.8. The van der Waals surface area contributed by atoms with Crippen molar-refractivity contribution in [2.24, 2.45) is 0 Å². The molecule has 2 rings (SSSR count). The SMILES string of the molecule is CSc1[nH]c2c(C)cc(Cl)cc2c(=O)c1C(C)=O. The second-order valence-corrected chi connectivity index (χ2v) is 5.32. The first kappa shape index (κ1) is 13.2. The maximum atomic E-state index is 12.3. The van der Waals surface area contributed by atoms with Crippen LogP contribution in [0.5, 0.6) is 0 Å². The van der Waals surface area contributed by atoms with Crippen LogP contribution in [0, 0.1) is 6.92 Å². The lowest BCUT2D eigenvalue weighted by Crippen LogP contribution is -2.16. The molecule has 0 aliphatic carbocycles. The molecule has 18 heavy (non-hydrogen) atoms. The topological polar surface area (TPSA) is 49.9 Å². The number of thioether (sulfide) groups is 1. The van der Waals surface area contributed by atoms with Gasteiger partial charge in [0, 0.05) is 10.4 Å². The number of aryl methyl sites for hydroxylation is 1. The lowest BCUT2D eigenvalue weighted by molar-refractivity contribution is 0.101. The van der Waals surface area contributed by atoms with Gasteiger partial charge in [0.25, 0.3) is 0 Å². The molecule has 0 radical (unpaired) electrons. The molecule has 0 bridgehead atoms. The van der Waals surface area contributed by atoms with Gasteiger partial charge >= 0.3 is 0 Å². The van der Waals surface area contributed by atoms with E-state index < -0.39 is 0 Å². The number of carbonyl (C=O) groups is 1. The molecule has 0 spiro atoms. The predicted octanol–water partition coefficient (Wildman–Crippen LogP) is 3.41. The summed E-state index contributed by atoms with van der Waals surface area (Å²) in [6, 6.07) is 3.39. The highest BCUT2D eigenvalue weighted by Crippen LogP contribution is 2.24. The fraction of sp³-hybridized carbons (Fsp3) is 0.231. The van der Waals surface area contributed by atoms with Gasteiger partial charge in [0.2, 0.25) is 5.43 Å². The van der Waals surface area contributed by atoms with E-state index in [2.05, 4.69) is 4.98 Å². The van der Waals surface area contributed by atoms with Crippen molar-refractivity contribution >= 4 is 40.0 Å². The molecule has 5 heteroatoms. The molecule has 1 aromatic heterocycles. The Hall–Kier alpha value is -1.26. The van der Waals surface area contributed by atoms with Crippen LogP contribution in [0.4, 0.5) is 0 Å². The molecule has 0 saturated heterocycles. The van der Waals surface area contributed by atoms with Gasteiger partial charge in [-0.3, -0.25) is 9.59 Å². The van der Waals surface area contributed by atoms with Crippen molar-refractivity contribution in [3.63, 3.8) is 0 Å². The predicted molar refractivity (Wildman–Crippen MR) is 76.1 cm³/mol. The summed E-state index contributed by atoms with van der Waals surface area (Å²) in [5.74, 6) is -0.236. The van der Waals surface area contributed by atoms with Gasteiger partial charge in [0.05, 0.1) is 16.1 Å². The molecule has 3 nitrogen and oxygen atoms in total. The minimum atomic E-state index is -0.258. The first-order valence-electron chi connectivity index (χ1n) is 5.36. The fourth-order valence-corrected chi connectivity index (χ4v) is 2.89. The average Bonchev–Trinajstić information content (AvgIpc) is 2.29. The maximum Gasteiger partial charge on any atom is 0.201 e. The Morgan fingerprint density at radius 1 is 1.39 bits per heavy atom. The van der Waals surface area contributed by atoms with E-state index in [4.69, 9.17) is 11.6 Å². The molecule has 2 aromatic rings. The van der Waals surface area contributed by atoms with Crippen molar-refractivity contribution in [2.45, 2.75) is 18.9 Å². The third-order valence-corrected chi connectivity index (χ3v) is 3.73. The highest BCUT2D eigenvalue weighted by atomic mass is 35.5. The Kier molecular flexibility index (Phi) is 3.50. The van der Waals surface area contributed by atoms with Gasteiger partial charge in [0.1, 0.15) is 0 Å². The summed E-state index contributed by atoms with van der Waals surface area (Å²) in [7, 11) is 0. The normalized spacial score (nSPS) is 10.9. The highest BCUT2D eigenvalue weighted by molar-refractivity contribution is 7.98. The van der Waals surface area contributed by atoms with Crippen LogP contribution >= 0.6 is 23.4 Å². The first-order chi connectivity index (χ1) is 8.45. The molecular formula is C13H12ClNO2S. The summed E-state index contributed by atoms with van der Waals surface area (Å²) < 4.78 is 0. The first-order valence-corrected chi connectivity index (χ1v) is 6.97. The number of carbonyl (C=O) groups excluding carboxylic acids is 1. The number of halogens is 1. The van der Waals surface area contributed by atoms with Crippen LogP contribution in [-0.2, 0) is 0 Å². The van der Waals surface area contributed by atoms with E-state index in [1.165, 1.54) is 18.7 Å². The molecule has 0 unspecified atom stereocenters. The van der Waals surface area contributed by atoms with E-state index in [-0.39, 0.29) is 16.8 Å². The number of Topliss-reactive ketones (excluding diaryl/α,β-unsaturated/α-hetero) is 1. The Morgan fingerprint density at radius 3 is 2.61 bits per heavy atom. The van der Waals surface area contributed by atoms with Crippen molar-refractivity contribution < 1.29 is 4.79 Å². The number of aromatic amines is 1. The smallest absolute Gasteiger partial charge is 0.201 e. The number of hydrogen-bond acceptors (Lipinski definition) is 3. The van der Waals surface area contributed by atoms with E-state index in [1.807, 2.05) is 13.2 Å². The summed E-state index contributed by atoms with van der Waals surface area (Å²) in [6.07, 6.45) is 1.83. The third-order valence-electron chi connectivity index (χ3n) is 2.79. The summed E-state index contributed by atoms with van der Waals surface area (Å²) in [6.45, 7) is 3.27. The van der Waals surface area contributed by atoms with E-state index in [0.29, 0.717) is 15.4 Å². The van der Waals surface area contributed by atoms with Crippen molar-refractivity contribution in [3.05, 3.63) is 38.5 Å². The van der Waals surface area contributed by atoms with Crippen LogP contribution < -0.4 is 5.43 Å². The second-order valence-electron chi connectivity index (χ2n) is 4.06. The van der Waals surface area contributed by atoms with Gasteiger partial charge in [-0.15, -0.1) is 11.8 Å². The standard InChI is InChI=1S/C13H12ClNO2S/c1-6-4-8(14)5-9-11(6)15-13(18-3)10(7(2)16)12(9)17/h4-5H,1-3H3,(H,15,17). The van der Waals surface area contributed by atoms with Crippen molar-refractivity contribution in [1.29, 1.82) is 0 Å². The van der Waals surface area contributed by atoms with E-state index in [9.17, 15) is 9.59 Å². The van der Waals surface area contributed by atoms with Gasteiger partial charge in [-0.1, -0.05) is 11.6 Å². The number of aromatic nitrogens is 1. The van der Waals surface area contributed by atoms with Crippen LogP contribution in [0.15, 0.2) is 22.0 Å². The average molecular weight is 282 g/mol. The molecule has 1 N–H and O–H groups in total. The summed E-state index contributed by atoms with van der Waals surface area (Å²) >= 11 is 7.31. The number of H-pyrrole nitrogens is 1. The quantitative estimate of drug-likeness (QED) is 0.678. The molecule has 94 valence electrons. The number of benzene rings is 1. The molecule has 0 amide bonds. The number of fused-ring (bicyclic) bond motifs is 1. The Morgan fingerprint density at radius 2 is 2.06 bits per heavy atom. The second kappa shape index (κ2) is 4.78. The number of nitrogens with one attached hydrogen (secondary N) is 1. The maximum absolute atomic E-state index is 12.3. The molecule has 0 saturated carbocycles. The number of rotatable bonds is 2. The third kappa shape index (κ3) is 2.06. The lowest BCUT2D eigenvalue weighted by atomic mass is 10.1. The molecule has 1 heterocycles. The summed E-state index contributed by atoms with van der Waals surface area (Å²) in [5, 5.41) is 1.56. The van der Waals surface area contributed by atoms with Crippen molar-refractivity contribution in [2.75, 3.05) is 6.26 Å². The van der Waals surface area contributed by atoms with E-state index >= 15 is 0 Å². The van der Waals surface area contributed by atoms with Crippen LogP contribution in [0.1, 0.15) is 22.8 Å². The Labute approximate surface area is 114 Å². The van der Waals surface area contributed by atoms with Gasteiger partial charge in [-0.2, -0.15) is 0 Å². The zero-order chi connectivity index (χ0) is 13.4. The van der Waals surface area contributed by atoms with Crippen LogP contribution in [0.2, 0.25) is 5.02 Å². The minimum Gasteiger partial charge on any atom is -0.349 e. The number of hydrogen-bond donors (Lipinski definition) is 1. The number of pyridine rings is 1. The molecule has 1 aromatic carbocycles. The van der Waals surface area contributed by atoms with Gasteiger partial charge in [0.15, 0.2) is 5.78 Å². The zero-order valence-electron chi connectivity index (χ0n) is 10.3. The highest BCUT2D eigenvalue weighted by Gasteiger charge is 2.16. The van der Waals surface area contributed by atoms with E-state index in [1.54, 1.807) is 12.1 Å². The van der Waals surface area contributed by atoms with Crippen LogP contribution in [0.3, 0.4) is 0 Å². The molecule has 0 fully saturated rings.